The minimum atomic E-state index is -0.971. The molecular weight excluding hydrogens is 325 g/mol. The molecular formula is C17H22BNO4S. The van der Waals surface area contributed by atoms with Crippen molar-refractivity contribution in [1.29, 1.82) is 0 Å². The number of thioether (sulfide) groups is 1. The van der Waals surface area contributed by atoms with E-state index in [2.05, 4.69) is 11.9 Å². The molecule has 3 unspecified atom stereocenters. The van der Waals surface area contributed by atoms with Crippen LogP contribution in [0, 0.1) is 5.92 Å². The van der Waals surface area contributed by atoms with Crippen molar-refractivity contribution >= 4 is 24.8 Å². The number of hydrogen-bond acceptors (Lipinski definition) is 5. The monoisotopic (exact) mass is 347 g/mol. The Kier molecular flexibility index (Phi) is 4.27. The number of likely N-dealkylation sites (tertiary alicyclic amines) is 1. The number of hydrogen-bond donors (Lipinski definition) is 2. The molecule has 3 atom stereocenters. The topological polar surface area (TPSA) is 70.0 Å². The first kappa shape index (κ1) is 16.3. The average Bonchev–Trinajstić information content (AvgIpc) is 3.24. The molecule has 1 aromatic rings. The lowest BCUT2D eigenvalue weighted by Crippen LogP contribution is -2.27. The highest BCUT2D eigenvalue weighted by Crippen LogP contribution is 2.60. The second kappa shape index (κ2) is 6.28. The third-order valence-electron chi connectivity index (χ3n) is 5.48. The van der Waals surface area contributed by atoms with Gasteiger partial charge in [-0.05, 0) is 62.1 Å². The van der Waals surface area contributed by atoms with Crippen molar-refractivity contribution in [1.82, 2.24) is 4.90 Å². The van der Waals surface area contributed by atoms with E-state index in [1.165, 1.54) is 6.42 Å². The molecule has 1 saturated heterocycles. The van der Waals surface area contributed by atoms with E-state index in [1.54, 1.807) is 11.8 Å². The molecule has 0 aromatic heterocycles. The summed E-state index contributed by atoms with van der Waals surface area (Å²) < 4.78 is 5.57. The van der Waals surface area contributed by atoms with E-state index in [4.69, 9.17) is 4.65 Å². The van der Waals surface area contributed by atoms with Gasteiger partial charge < -0.3 is 19.7 Å². The van der Waals surface area contributed by atoms with Gasteiger partial charge in [-0.15, -0.1) is 11.8 Å². The van der Waals surface area contributed by atoms with Gasteiger partial charge >= 0.3 is 13.1 Å². The van der Waals surface area contributed by atoms with E-state index < -0.39 is 13.1 Å². The molecule has 2 fully saturated rings. The highest BCUT2D eigenvalue weighted by atomic mass is 32.2. The van der Waals surface area contributed by atoms with Crippen molar-refractivity contribution in [3.63, 3.8) is 0 Å². The van der Waals surface area contributed by atoms with Crippen LogP contribution < -0.4 is 4.65 Å². The number of fused-ring (bicyclic) bond motifs is 3. The van der Waals surface area contributed by atoms with Crippen molar-refractivity contribution in [3.05, 3.63) is 23.3 Å². The lowest BCUT2D eigenvalue weighted by atomic mass is 9.77. The van der Waals surface area contributed by atoms with Crippen LogP contribution in [0.15, 0.2) is 17.0 Å². The molecule has 2 N–H and O–H groups in total. The molecule has 2 aliphatic heterocycles. The Hall–Kier alpha value is -1.18. The molecule has 0 spiro atoms. The van der Waals surface area contributed by atoms with Crippen molar-refractivity contribution in [2.75, 3.05) is 25.9 Å². The van der Waals surface area contributed by atoms with Gasteiger partial charge in [0.2, 0.25) is 0 Å². The first-order valence-electron chi connectivity index (χ1n) is 8.61. The van der Waals surface area contributed by atoms with E-state index in [-0.39, 0.29) is 17.3 Å². The molecule has 4 rings (SSSR count). The molecule has 0 radical (unpaired) electrons. The summed E-state index contributed by atoms with van der Waals surface area (Å²) >= 11 is 1.59. The summed E-state index contributed by atoms with van der Waals surface area (Å²) in [6.07, 6.45) is 3.21. The van der Waals surface area contributed by atoms with Crippen LogP contribution in [-0.2, 0) is 0 Å². The Balaban J connectivity index is 1.51. The molecule has 2 heterocycles. The fraction of sp³-hybridized carbons (Fsp3) is 0.588. The number of benzene rings is 1. The normalized spacial score (nSPS) is 28.2. The molecule has 1 aromatic carbocycles. The highest BCUT2D eigenvalue weighted by Gasteiger charge is 2.54. The van der Waals surface area contributed by atoms with E-state index in [1.807, 2.05) is 12.1 Å². The van der Waals surface area contributed by atoms with Crippen molar-refractivity contribution < 1.29 is 19.6 Å². The van der Waals surface area contributed by atoms with E-state index in [0.717, 1.165) is 42.1 Å². The molecule has 0 amide bonds. The Morgan fingerprint density at radius 2 is 2.33 bits per heavy atom. The second-order valence-corrected chi connectivity index (χ2v) is 8.37. The van der Waals surface area contributed by atoms with Crippen molar-refractivity contribution in [3.8, 4) is 5.75 Å². The SMILES string of the molecule is CN1CCC(CCSc2ccc3c(c2C(=O)O)OB(O)C2CC32)C1. The van der Waals surface area contributed by atoms with Crippen LogP contribution >= 0.6 is 11.8 Å². The summed E-state index contributed by atoms with van der Waals surface area (Å²) in [6.45, 7) is 2.29. The summed E-state index contributed by atoms with van der Waals surface area (Å²) in [5.74, 6) is 1.43. The zero-order valence-corrected chi connectivity index (χ0v) is 14.6. The van der Waals surface area contributed by atoms with Crippen LogP contribution in [0.3, 0.4) is 0 Å². The van der Waals surface area contributed by atoms with Gasteiger partial charge in [0, 0.05) is 17.3 Å². The molecule has 128 valence electrons. The Labute approximate surface area is 146 Å². The smallest absolute Gasteiger partial charge is 0.526 e. The predicted molar refractivity (Wildman–Crippen MR) is 94.1 cm³/mol. The molecule has 5 nitrogen and oxygen atoms in total. The minimum absolute atomic E-state index is 0.136. The maximum atomic E-state index is 11.8. The molecule has 1 aliphatic carbocycles. The number of aromatic carboxylic acids is 1. The van der Waals surface area contributed by atoms with Crippen LogP contribution in [-0.4, -0.2) is 54.0 Å². The number of carboxylic acids is 1. The second-order valence-electron chi connectivity index (χ2n) is 7.23. The Bertz CT molecular complexity index is 670. The molecule has 0 bridgehead atoms. The summed E-state index contributed by atoms with van der Waals surface area (Å²) in [6, 6.07) is 3.91. The van der Waals surface area contributed by atoms with Gasteiger partial charge in [-0.1, -0.05) is 6.07 Å². The lowest BCUT2D eigenvalue weighted by Gasteiger charge is -2.22. The Morgan fingerprint density at radius 1 is 1.50 bits per heavy atom. The largest absolute Gasteiger partial charge is 0.535 e. The third kappa shape index (κ3) is 2.93. The van der Waals surface area contributed by atoms with Crippen LogP contribution in [0.2, 0.25) is 5.82 Å². The number of rotatable bonds is 5. The Morgan fingerprint density at radius 3 is 3.04 bits per heavy atom. The third-order valence-corrected chi connectivity index (χ3v) is 6.57. The summed E-state index contributed by atoms with van der Waals surface area (Å²) in [7, 11) is 1.28. The quantitative estimate of drug-likeness (QED) is 0.630. The van der Waals surface area contributed by atoms with Crippen molar-refractivity contribution in [2.24, 2.45) is 5.92 Å². The minimum Gasteiger partial charge on any atom is -0.535 e. The summed E-state index contributed by atoms with van der Waals surface area (Å²) in [5.41, 5.74) is 1.18. The van der Waals surface area contributed by atoms with E-state index in [0.29, 0.717) is 11.7 Å². The van der Waals surface area contributed by atoms with Gasteiger partial charge in [0.25, 0.3) is 0 Å². The summed E-state index contributed by atoms with van der Waals surface area (Å²) in [4.78, 5) is 14.9. The van der Waals surface area contributed by atoms with Gasteiger partial charge in [-0.2, -0.15) is 0 Å². The van der Waals surface area contributed by atoms with Crippen molar-refractivity contribution in [2.45, 2.75) is 35.9 Å². The zero-order valence-electron chi connectivity index (χ0n) is 13.8. The van der Waals surface area contributed by atoms with Crippen LogP contribution in [0.1, 0.15) is 41.1 Å². The van der Waals surface area contributed by atoms with Gasteiger partial charge in [0.15, 0.2) is 0 Å². The van der Waals surface area contributed by atoms with Crippen LogP contribution in [0.5, 0.6) is 5.75 Å². The average molecular weight is 347 g/mol. The van der Waals surface area contributed by atoms with E-state index >= 15 is 0 Å². The molecule has 3 aliphatic rings. The number of nitrogens with zero attached hydrogens (tertiary/aromatic N) is 1. The van der Waals surface area contributed by atoms with Gasteiger partial charge in [-0.3, -0.25) is 0 Å². The number of carboxylic acid groups (broad SMARTS) is 1. The first-order chi connectivity index (χ1) is 11.5. The maximum absolute atomic E-state index is 11.8. The molecule has 24 heavy (non-hydrogen) atoms. The standard InChI is InChI=1S/C17H22BNO4S/c1-19-6-4-10(9-19)5-7-24-14-3-2-11-12-8-13(12)18(22)23-16(11)15(14)17(20)21/h2-3,10,12-13,22H,4-9H2,1H3,(H,20,21). The molecule has 1 saturated carbocycles. The lowest BCUT2D eigenvalue weighted by molar-refractivity contribution is 0.0690. The van der Waals surface area contributed by atoms with Gasteiger partial charge in [-0.25, -0.2) is 4.79 Å². The zero-order chi connectivity index (χ0) is 16.8. The molecule has 7 heteroatoms. The van der Waals surface area contributed by atoms with E-state index in [9.17, 15) is 14.9 Å². The fourth-order valence-corrected chi connectivity index (χ4v) is 5.18. The van der Waals surface area contributed by atoms with Crippen LogP contribution in [0.4, 0.5) is 0 Å². The number of carbonyl (C=O) groups is 1. The van der Waals surface area contributed by atoms with Gasteiger partial charge in [0.1, 0.15) is 11.3 Å². The van der Waals surface area contributed by atoms with Crippen LogP contribution in [0.25, 0.3) is 0 Å². The summed E-state index contributed by atoms with van der Waals surface area (Å²) in [5, 5.41) is 19.7. The highest BCUT2D eigenvalue weighted by molar-refractivity contribution is 7.99. The predicted octanol–water partition coefficient (Wildman–Crippen LogP) is 2.55. The maximum Gasteiger partial charge on any atom is 0.526 e. The first-order valence-corrected chi connectivity index (χ1v) is 9.59. The van der Waals surface area contributed by atoms with Gasteiger partial charge in [0.05, 0.1) is 0 Å². The fourth-order valence-electron chi connectivity index (χ4n) is 4.02.